The molecule has 0 bridgehead atoms. The lowest BCUT2D eigenvalue weighted by Crippen LogP contribution is -2.36. The van der Waals surface area contributed by atoms with Gasteiger partial charge in [-0.2, -0.15) is 4.98 Å². The van der Waals surface area contributed by atoms with E-state index < -0.39 is 66.6 Å². The number of halogens is 1. The smallest absolute Gasteiger partial charge is 0.280 e. The van der Waals surface area contributed by atoms with Crippen LogP contribution in [-0.4, -0.2) is 98.2 Å². The monoisotopic (exact) mass is 627 g/mol. The minimum absolute atomic E-state index is 0.00570. The van der Waals surface area contributed by atoms with Crippen LogP contribution in [0.25, 0.3) is 22.3 Å². The predicted molar refractivity (Wildman–Crippen MR) is 142 cm³/mol. The highest BCUT2D eigenvalue weighted by Gasteiger charge is 2.49. The van der Waals surface area contributed by atoms with E-state index in [-0.39, 0.29) is 47.7 Å². The van der Waals surface area contributed by atoms with E-state index in [0.29, 0.717) is 0 Å². The fourth-order valence-electron chi connectivity index (χ4n) is 5.40. The maximum Gasteiger partial charge on any atom is 0.280 e. The Morgan fingerprint density at radius 2 is 1.84 bits per heavy atom. The number of aromatic nitrogens is 8. The Morgan fingerprint density at radius 3 is 2.56 bits per heavy atom. The van der Waals surface area contributed by atoms with E-state index in [9.17, 15) is 25.1 Å². The van der Waals surface area contributed by atoms with E-state index in [1.807, 2.05) is 0 Å². The van der Waals surface area contributed by atoms with Crippen molar-refractivity contribution in [2.75, 3.05) is 12.3 Å². The summed E-state index contributed by atoms with van der Waals surface area (Å²) in [6.07, 6.45) is -7.41. The van der Waals surface area contributed by atoms with Crippen molar-refractivity contribution in [1.82, 2.24) is 39.0 Å². The summed E-state index contributed by atoms with van der Waals surface area (Å²) in [7, 11) is 2.07. The minimum Gasteiger partial charge on any atom is -0.385 e. The van der Waals surface area contributed by atoms with Crippen LogP contribution >= 0.6 is 9.47 Å². The number of rotatable bonds is 10. The van der Waals surface area contributed by atoms with Gasteiger partial charge in [-0.25, -0.2) is 24.2 Å². The maximum absolute atomic E-state index is 15.8. The molecule has 2 saturated heterocycles. The first-order valence-electron chi connectivity index (χ1n) is 12.9. The molecule has 0 aliphatic carbocycles. The second-order valence-corrected chi connectivity index (χ2v) is 10.3. The molecular weight excluding hydrogens is 600 g/mol. The van der Waals surface area contributed by atoms with Gasteiger partial charge in [-0.15, -0.1) is 0 Å². The van der Waals surface area contributed by atoms with Gasteiger partial charge in [0.1, 0.15) is 6.10 Å². The second kappa shape index (κ2) is 11.9. The molecule has 4 aromatic heterocycles. The lowest BCUT2D eigenvalue weighted by atomic mass is 9.93. The first-order valence-corrected chi connectivity index (χ1v) is 13.4. The summed E-state index contributed by atoms with van der Waals surface area (Å²) >= 11 is 0. The number of aromatic amines is 2. The number of hydrogen-bond acceptors (Lipinski definition) is 15. The summed E-state index contributed by atoms with van der Waals surface area (Å²) in [4.78, 5) is 49.3. The predicted octanol–water partition coefficient (Wildman–Crippen LogP) is -1.32. The highest BCUT2D eigenvalue weighted by molar-refractivity contribution is 7.09. The number of fused-ring (bicyclic) bond motifs is 2. The molecule has 6 heterocycles. The van der Waals surface area contributed by atoms with Crippen molar-refractivity contribution in [3.63, 3.8) is 0 Å². The number of H-pyrrole nitrogens is 2. The summed E-state index contributed by atoms with van der Waals surface area (Å²) in [5, 5.41) is 30.8. The van der Waals surface area contributed by atoms with Crippen LogP contribution in [0.1, 0.15) is 25.3 Å². The van der Waals surface area contributed by atoms with Gasteiger partial charge in [-0.05, 0) is 12.8 Å². The first-order chi connectivity index (χ1) is 20.7. The quantitative estimate of drug-likeness (QED) is 0.0516. The molecule has 7 N–H and O–H groups in total. The van der Waals surface area contributed by atoms with Crippen LogP contribution in [0.4, 0.5) is 10.3 Å². The van der Waals surface area contributed by atoms with Gasteiger partial charge >= 0.3 is 0 Å². The largest absolute Gasteiger partial charge is 0.385 e. The fourth-order valence-corrected chi connectivity index (χ4v) is 5.59. The number of imidazole rings is 2. The fraction of sp³-hybridized carbons (Fsp3) is 0.545. The summed E-state index contributed by atoms with van der Waals surface area (Å²) in [5.41, 5.74) is 4.59. The SMILES string of the molecule is Nc1nc2c(ncn2[C@@H]2OC(OC(O)CC[C@H]3[C@H](F)[C@H](n4cnc5c(=O)[nH]cnc54)O[C@@H]3COP)[C@@H](O)[C@H]2OO)c(=O)[nH]1. The number of alkyl halides is 1. The molecular formula is C22H27FN9O10P. The minimum atomic E-state index is -1.61. The average Bonchev–Trinajstić information content (AvgIpc) is 3.73. The van der Waals surface area contributed by atoms with Gasteiger partial charge in [0.2, 0.25) is 5.95 Å². The molecule has 3 unspecified atom stereocenters. The van der Waals surface area contributed by atoms with Crippen LogP contribution in [0.5, 0.6) is 0 Å². The van der Waals surface area contributed by atoms with Crippen molar-refractivity contribution in [1.29, 1.82) is 0 Å². The summed E-state index contributed by atoms with van der Waals surface area (Å²) in [6, 6.07) is 0. The molecule has 0 aromatic carbocycles. The Morgan fingerprint density at radius 1 is 1.12 bits per heavy atom. The van der Waals surface area contributed by atoms with Crippen molar-refractivity contribution in [3.05, 3.63) is 39.7 Å². The highest BCUT2D eigenvalue weighted by atomic mass is 31.0. The van der Waals surface area contributed by atoms with Crippen molar-refractivity contribution >= 4 is 37.7 Å². The number of anilines is 1. The lowest BCUT2D eigenvalue weighted by molar-refractivity contribution is -0.305. The topological polar surface area (TPSA) is 260 Å². The Kier molecular flexibility index (Phi) is 8.20. The zero-order valence-corrected chi connectivity index (χ0v) is 23.1. The molecule has 0 radical (unpaired) electrons. The van der Waals surface area contributed by atoms with Gasteiger partial charge in [0, 0.05) is 15.4 Å². The van der Waals surface area contributed by atoms with Crippen LogP contribution in [0.3, 0.4) is 0 Å². The van der Waals surface area contributed by atoms with Gasteiger partial charge in [0.15, 0.2) is 59.6 Å². The van der Waals surface area contributed by atoms with Gasteiger partial charge in [-0.1, -0.05) is 0 Å². The van der Waals surface area contributed by atoms with Gasteiger partial charge in [-0.3, -0.25) is 29.0 Å². The Labute approximate surface area is 241 Å². The van der Waals surface area contributed by atoms with E-state index in [1.54, 1.807) is 0 Å². The van der Waals surface area contributed by atoms with Crippen LogP contribution in [0, 0.1) is 5.92 Å². The van der Waals surface area contributed by atoms with E-state index in [1.165, 1.54) is 28.1 Å². The third kappa shape index (κ3) is 5.30. The third-order valence-corrected chi connectivity index (χ3v) is 7.62. The van der Waals surface area contributed by atoms with Gasteiger partial charge in [0.25, 0.3) is 11.1 Å². The third-order valence-electron chi connectivity index (χ3n) is 7.43. The molecule has 2 fully saturated rings. The lowest BCUT2D eigenvalue weighted by Gasteiger charge is -2.23. The molecule has 6 rings (SSSR count). The van der Waals surface area contributed by atoms with Gasteiger partial charge in [0.05, 0.1) is 31.7 Å². The molecule has 0 spiro atoms. The normalized spacial score (nSPS) is 30.1. The molecule has 43 heavy (non-hydrogen) atoms. The van der Waals surface area contributed by atoms with Crippen molar-refractivity contribution < 1.29 is 43.5 Å². The number of ether oxygens (including phenoxy) is 3. The summed E-state index contributed by atoms with van der Waals surface area (Å²) in [5.74, 6) is -0.992. The molecule has 232 valence electrons. The standard InChI is InChI=1S/C22H27FN9O10P/c23-10-7(8(3-38-43)39-19(10)31-5-27-11-15(31)25-4-26-17(11)35)1-2-9(33)40-21-13(34)14(42-37)20(41-21)32-6-28-12-16(32)29-22(24)30-18(12)36/h4-10,13-14,19-21,33-34,37H,1-3,43H2,(H,25,26,35)(H3,24,29,30,36)/t7-,8-,9?,10+,13+,14-,19-,20-,21?/m1/s1. The van der Waals surface area contributed by atoms with E-state index in [2.05, 4.69) is 44.3 Å². The molecule has 4 aromatic rings. The van der Waals surface area contributed by atoms with E-state index >= 15 is 4.39 Å². The zero-order chi connectivity index (χ0) is 30.4. The van der Waals surface area contributed by atoms with Crippen molar-refractivity contribution in [2.45, 2.75) is 62.4 Å². The average molecular weight is 627 g/mol. The Bertz CT molecular complexity index is 1720. The van der Waals surface area contributed by atoms with Crippen molar-refractivity contribution in [2.24, 2.45) is 5.92 Å². The highest BCUT2D eigenvalue weighted by Crippen LogP contribution is 2.41. The molecule has 0 amide bonds. The number of nitrogens with two attached hydrogens (primary N) is 1. The Hall–Kier alpha value is -3.46. The van der Waals surface area contributed by atoms with Crippen LogP contribution in [0.2, 0.25) is 0 Å². The second-order valence-electron chi connectivity index (χ2n) is 9.96. The zero-order valence-electron chi connectivity index (χ0n) is 22.0. The van der Waals surface area contributed by atoms with Crippen LogP contribution < -0.4 is 16.9 Å². The van der Waals surface area contributed by atoms with Crippen LogP contribution in [0.15, 0.2) is 28.6 Å². The van der Waals surface area contributed by atoms with Crippen molar-refractivity contribution in [3.8, 4) is 0 Å². The van der Waals surface area contributed by atoms with Gasteiger partial charge < -0.3 is 39.7 Å². The Balaban J connectivity index is 1.14. The van der Waals surface area contributed by atoms with Crippen LogP contribution in [-0.2, 0) is 23.6 Å². The number of aliphatic hydroxyl groups excluding tert-OH is 2. The number of aliphatic hydroxyl groups is 2. The summed E-state index contributed by atoms with van der Waals surface area (Å²) in [6.45, 7) is 0.00570. The summed E-state index contributed by atoms with van der Waals surface area (Å²) < 4.78 is 40.6. The number of nitrogens with one attached hydrogen (secondary N) is 2. The number of nitrogen functional groups attached to an aromatic ring is 1. The maximum atomic E-state index is 15.8. The number of hydrogen-bond donors (Lipinski definition) is 6. The first kappa shape index (κ1) is 29.6. The van der Waals surface area contributed by atoms with E-state index in [0.717, 1.165) is 0 Å². The molecule has 10 atom stereocenters. The molecule has 0 saturated carbocycles. The number of nitrogens with zero attached hydrogens (tertiary/aromatic N) is 6. The molecule has 19 nitrogen and oxygen atoms in total. The molecule has 2 aliphatic heterocycles. The molecule has 2 aliphatic rings. The molecule has 21 heteroatoms. The van der Waals surface area contributed by atoms with E-state index in [4.69, 9.17) is 24.5 Å².